The number of ketones is 1. The van der Waals surface area contributed by atoms with Crippen molar-refractivity contribution < 1.29 is 33.0 Å². The summed E-state index contributed by atoms with van der Waals surface area (Å²) in [4.78, 5) is 21.8. The molecule has 0 spiro atoms. The van der Waals surface area contributed by atoms with Gasteiger partial charge in [-0.2, -0.15) is 8.78 Å². The zero-order chi connectivity index (χ0) is 15.1. The Labute approximate surface area is 114 Å². The molecule has 1 unspecified atom stereocenters. The highest BCUT2D eigenvalue weighted by atomic mass is 35.5. The maximum atomic E-state index is 12.7. The van der Waals surface area contributed by atoms with E-state index in [1.54, 1.807) is 6.92 Å². The van der Waals surface area contributed by atoms with Gasteiger partial charge in [-0.1, -0.05) is 6.92 Å². The first-order chi connectivity index (χ1) is 8.73. The van der Waals surface area contributed by atoms with Crippen LogP contribution in [0.2, 0.25) is 0 Å². The summed E-state index contributed by atoms with van der Waals surface area (Å²) in [5.41, 5.74) is -0.554. The van der Waals surface area contributed by atoms with E-state index in [2.05, 4.69) is 11.6 Å². The summed E-state index contributed by atoms with van der Waals surface area (Å²) in [6.45, 7) is 2.56. The lowest BCUT2D eigenvalue weighted by Crippen LogP contribution is -2.38. The summed E-state index contributed by atoms with van der Waals surface area (Å²) in [6, 6.07) is 0. The van der Waals surface area contributed by atoms with E-state index < -0.39 is 35.4 Å². The summed E-state index contributed by atoms with van der Waals surface area (Å²) in [6.07, 6.45) is -0.460. The zero-order valence-electron chi connectivity index (χ0n) is 10.5. The van der Waals surface area contributed by atoms with Crippen molar-refractivity contribution in [3.63, 3.8) is 0 Å². The molecule has 0 fully saturated rings. The number of carboxylic acids is 1. The van der Waals surface area contributed by atoms with Gasteiger partial charge in [0, 0.05) is 0 Å². The molecule has 0 aromatic carbocycles. The number of aliphatic carboxylic acids is 1. The minimum Gasteiger partial charge on any atom is -0.547 e. The van der Waals surface area contributed by atoms with E-state index in [4.69, 9.17) is 9.47 Å². The van der Waals surface area contributed by atoms with Crippen molar-refractivity contribution in [1.82, 2.24) is 0 Å². The van der Waals surface area contributed by atoms with E-state index in [0.717, 1.165) is 6.26 Å². The second-order valence-corrected chi connectivity index (χ2v) is 3.93. The van der Waals surface area contributed by atoms with Crippen molar-refractivity contribution in [2.45, 2.75) is 31.8 Å². The van der Waals surface area contributed by atoms with Gasteiger partial charge in [0.1, 0.15) is 0 Å². The average Bonchev–Trinajstić information content (AvgIpc) is 2.31. The molecule has 0 amide bonds. The number of rotatable bonds is 9. The first kappa shape index (κ1) is 17.8. The predicted molar refractivity (Wildman–Crippen MR) is 60.6 cm³/mol. The van der Waals surface area contributed by atoms with Crippen LogP contribution in [0, 0.1) is 0 Å². The van der Waals surface area contributed by atoms with Crippen LogP contribution in [0.25, 0.3) is 0 Å². The third-order valence-corrected chi connectivity index (χ3v) is 2.19. The lowest BCUT2D eigenvalue weighted by atomic mass is 10.2. The molecule has 0 heterocycles. The molecule has 0 aromatic heterocycles. The third kappa shape index (κ3) is 6.49. The highest BCUT2D eigenvalue weighted by molar-refractivity contribution is 6.35. The Morgan fingerprint density at radius 1 is 1.42 bits per heavy atom. The van der Waals surface area contributed by atoms with Crippen molar-refractivity contribution >= 4 is 23.4 Å². The molecule has 0 radical (unpaired) electrons. The normalized spacial score (nSPS) is 14.1. The lowest BCUT2D eigenvalue weighted by molar-refractivity contribution is -0.316. The Morgan fingerprint density at radius 3 is 2.37 bits per heavy atom. The molecule has 0 aliphatic rings. The van der Waals surface area contributed by atoms with Gasteiger partial charge in [-0.3, -0.25) is 4.79 Å². The molecule has 0 aliphatic carbocycles. The number of hydrogen-bond donors (Lipinski definition) is 0. The predicted octanol–water partition coefficient (Wildman–Crippen LogP) is 0.853. The molecule has 0 N–H and O–H groups in total. The molecule has 19 heavy (non-hydrogen) atoms. The smallest absolute Gasteiger partial charge is 0.384 e. The van der Waals surface area contributed by atoms with Crippen LogP contribution < -0.4 is 5.11 Å². The topological polar surface area (TPSA) is 75.7 Å². The number of carboxylic acid groups (broad SMARTS) is 1. The van der Waals surface area contributed by atoms with E-state index in [-0.39, 0.29) is 13.0 Å². The van der Waals surface area contributed by atoms with Gasteiger partial charge in [-0.25, -0.2) is 0 Å². The van der Waals surface area contributed by atoms with Crippen molar-refractivity contribution in [1.29, 1.82) is 0 Å². The van der Waals surface area contributed by atoms with Crippen LogP contribution in [0.3, 0.4) is 0 Å². The molecule has 0 rings (SSSR count). The fourth-order valence-electron chi connectivity index (χ4n) is 1.06. The van der Waals surface area contributed by atoms with Crippen LogP contribution >= 0.6 is 11.6 Å². The van der Waals surface area contributed by atoms with Crippen LogP contribution in [0.5, 0.6) is 0 Å². The monoisotopic (exact) mass is 299 g/mol. The number of alkyl halides is 3. The average molecular weight is 300 g/mol. The summed E-state index contributed by atoms with van der Waals surface area (Å²) in [5, 5.41) is 6.48. The molecule has 5 nitrogen and oxygen atoms in total. The van der Waals surface area contributed by atoms with Gasteiger partial charge in [0.2, 0.25) is 5.78 Å². The van der Waals surface area contributed by atoms with Crippen LogP contribution in [-0.2, 0) is 19.1 Å². The van der Waals surface area contributed by atoms with E-state index in [1.807, 2.05) is 0 Å². The zero-order valence-corrected chi connectivity index (χ0v) is 11.2. The van der Waals surface area contributed by atoms with Crippen molar-refractivity contribution in [3.05, 3.63) is 11.8 Å². The van der Waals surface area contributed by atoms with Crippen LogP contribution in [0.1, 0.15) is 20.3 Å². The minimum atomic E-state index is -4.10. The molecule has 1 atom stereocenters. The van der Waals surface area contributed by atoms with Crippen LogP contribution in [0.4, 0.5) is 8.78 Å². The van der Waals surface area contributed by atoms with E-state index in [1.165, 1.54) is 6.92 Å². The van der Waals surface area contributed by atoms with Crippen molar-refractivity contribution in [3.8, 4) is 0 Å². The Hall–Kier alpha value is -1.21. The summed E-state index contributed by atoms with van der Waals surface area (Å²) in [7, 11) is 0. The molecular weight excluding hydrogens is 286 g/mol. The van der Waals surface area contributed by atoms with Crippen molar-refractivity contribution in [2.75, 3.05) is 13.2 Å². The number of carbonyl (C=O) groups is 2. The Balaban J connectivity index is 4.80. The number of Topliss-reactive ketones (excluding diaryl/α,β-unsaturated/α-hetero) is 1. The Morgan fingerprint density at radius 2 is 2.00 bits per heavy atom. The van der Waals surface area contributed by atoms with E-state index in [9.17, 15) is 23.5 Å². The maximum Gasteiger partial charge on any atom is 0.384 e. The van der Waals surface area contributed by atoms with Gasteiger partial charge < -0.3 is 19.4 Å². The standard InChI is InChI=1S/C11H15ClF2O5/c1-3-8(10(16)17)19-6-7(5-18-4-2)9(15)11(12,13)14/h5,8H,3-4,6H2,1-2H3,(H,16,17)/p-1. The first-order valence-corrected chi connectivity index (χ1v) is 5.86. The van der Waals surface area contributed by atoms with E-state index in [0.29, 0.717) is 0 Å². The van der Waals surface area contributed by atoms with Crippen LogP contribution in [0.15, 0.2) is 11.8 Å². The molecule has 110 valence electrons. The SMILES string of the molecule is CCOC=C(COC(CC)C(=O)[O-])C(=O)C(F)(F)Cl. The minimum absolute atomic E-state index is 0.0652. The fourth-order valence-corrected chi connectivity index (χ4v) is 1.18. The lowest BCUT2D eigenvalue weighted by Gasteiger charge is -2.18. The van der Waals surface area contributed by atoms with Gasteiger partial charge in [-0.05, 0) is 24.9 Å². The molecular formula is C11H14ClF2O5-. The molecule has 8 heteroatoms. The molecule has 0 aliphatic heterocycles. The number of halogens is 3. The third-order valence-electron chi connectivity index (χ3n) is 2.02. The van der Waals surface area contributed by atoms with Crippen LogP contribution in [-0.4, -0.2) is 36.5 Å². The van der Waals surface area contributed by atoms with E-state index >= 15 is 0 Å². The van der Waals surface area contributed by atoms with Crippen molar-refractivity contribution in [2.24, 2.45) is 0 Å². The number of ether oxygens (including phenoxy) is 2. The summed E-state index contributed by atoms with van der Waals surface area (Å²) in [5.74, 6) is -3.20. The second-order valence-electron chi connectivity index (χ2n) is 3.45. The Kier molecular flexibility index (Phi) is 7.55. The summed E-state index contributed by atoms with van der Waals surface area (Å²) < 4.78 is 34.9. The van der Waals surface area contributed by atoms with Gasteiger partial charge in [-0.15, -0.1) is 0 Å². The summed E-state index contributed by atoms with van der Waals surface area (Å²) >= 11 is 4.61. The first-order valence-electron chi connectivity index (χ1n) is 5.48. The highest BCUT2D eigenvalue weighted by Gasteiger charge is 2.38. The van der Waals surface area contributed by atoms with Gasteiger partial charge in [0.05, 0.1) is 37.1 Å². The number of carbonyl (C=O) groups excluding carboxylic acids is 2. The van der Waals surface area contributed by atoms with Gasteiger partial charge in [0.25, 0.3) is 0 Å². The maximum absolute atomic E-state index is 12.7. The number of hydrogen-bond acceptors (Lipinski definition) is 5. The van der Waals surface area contributed by atoms with Gasteiger partial charge >= 0.3 is 5.38 Å². The Bertz CT molecular complexity index is 351. The van der Waals surface area contributed by atoms with Gasteiger partial charge in [0.15, 0.2) is 0 Å². The molecule has 0 bridgehead atoms. The molecule has 0 saturated carbocycles. The fraction of sp³-hybridized carbons (Fsp3) is 0.636. The highest BCUT2D eigenvalue weighted by Crippen LogP contribution is 2.24. The largest absolute Gasteiger partial charge is 0.547 e. The quantitative estimate of drug-likeness (QED) is 0.358. The molecule has 0 aromatic rings. The second kappa shape index (κ2) is 8.06. The molecule has 0 saturated heterocycles.